The predicted molar refractivity (Wildman–Crippen MR) is 102 cm³/mol. The molecule has 0 spiro atoms. The number of fused-ring (bicyclic) bond motifs is 1. The van der Waals surface area contributed by atoms with Crippen LogP contribution in [0, 0.1) is 17.7 Å². The molecule has 4 rings (SSSR count). The second kappa shape index (κ2) is 6.83. The molecule has 2 aliphatic rings. The first-order chi connectivity index (χ1) is 13.0. The standard InChI is InChI=1S/C21H24FN3O2/c1-12-19(24-21-18(27-3)5-4-10-23-21)16-11-15(22)8-9-17(16)25(13(2)26)20(12)14-6-7-14/h4-5,8-12,14,19-20H,6-7H2,1-3H3,(H,23,24)/t12-,19-,20-/m1/s1. The summed E-state index contributed by atoms with van der Waals surface area (Å²) >= 11 is 0. The minimum Gasteiger partial charge on any atom is -0.493 e. The van der Waals surface area contributed by atoms with E-state index in [1.165, 1.54) is 12.1 Å². The molecule has 142 valence electrons. The number of amides is 1. The predicted octanol–water partition coefficient (Wildman–Crippen LogP) is 4.16. The average Bonchev–Trinajstić information content (AvgIpc) is 3.48. The van der Waals surface area contributed by atoms with E-state index in [0.717, 1.165) is 24.1 Å². The fraction of sp³-hybridized carbons (Fsp3) is 0.429. The summed E-state index contributed by atoms with van der Waals surface area (Å²) in [5.41, 5.74) is 1.56. The summed E-state index contributed by atoms with van der Waals surface area (Å²) in [6.07, 6.45) is 3.94. The van der Waals surface area contributed by atoms with Crippen molar-refractivity contribution in [1.82, 2.24) is 4.98 Å². The molecule has 1 aliphatic carbocycles. The Labute approximate surface area is 158 Å². The fourth-order valence-electron chi connectivity index (χ4n) is 4.35. The van der Waals surface area contributed by atoms with Crippen LogP contribution in [-0.4, -0.2) is 24.0 Å². The second-order valence-electron chi connectivity index (χ2n) is 7.46. The van der Waals surface area contributed by atoms with E-state index >= 15 is 0 Å². The van der Waals surface area contributed by atoms with E-state index in [1.54, 1.807) is 26.3 Å². The van der Waals surface area contributed by atoms with Crippen molar-refractivity contribution < 1.29 is 13.9 Å². The van der Waals surface area contributed by atoms with E-state index in [9.17, 15) is 9.18 Å². The number of carbonyl (C=O) groups is 1. The van der Waals surface area contributed by atoms with Crippen LogP contribution in [0.25, 0.3) is 0 Å². The number of benzene rings is 1. The maximum atomic E-state index is 14.1. The summed E-state index contributed by atoms with van der Waals surface area (Å²) in [4.78, 5) is 18.7. The zero-order chi connectivity index (χ0) is 19.1. The molecule has 6 heteroatoms. The molecule has 2 aromatic rings. The van der Waals surface area contributed by atoms with Gasteiger partial charge in [0, 0.05) is 36.3 Å². The van der Waals surface area contributed by atoms with Crippen LogP contribution in [-0.2, 0) is 4.79 Å². The first kappa shape index (κ1) is 17.8. The van der Waals surface area contributed by atoms with Gasteiger partial charge in [-0.1, -0.05) is 6.92 Å². The monoisotopic (exact) mass is 369 g/mol. The molecule has 3 atom stereocenters. The lowest BCUT2D eigenvalue weighted by Gasteiger charge is -2.45. The Morgan fingerprint density at radius 3 is 2.78 bits per heavy atom. The number of methoxy groups -OCH3 is 1. The van der Waals surface area contributed by atoms with Gasteiger partial charge in [-0.3, -0.25) is 4.79 Å². The largest absolute Gasteiger partial charge is 0.493 e. The van der Waals surface area contributed by atoms with Gasteiger partial charge in [-0.15, -0.1) is 0 Å². The highest BCUT2D eigenvalue weighted by atomic mass is 19.1. The van der Waals surface area contributed by atoms with Gasteiger partial charge in [0.1, 0.15) is 5.82 Å². The molecule has 1 aromatic heterocycles. The molecule has 0 radical (unpaired) electrons. The van der Waals surface area contributed by atoms with Crippen molar-refractivity contribution in [2.45, 2.75) is 38.8 Å². The minimum atomic E-state index is -0.311. The number of anilines is 2. The second-order valence-corrected chi connectivity index (χ2v) is 7.46. The molecule has 1 aliphatic heterocycles. The number of pyridine rings is 1. The van der Waals surface area contributed by atoms with E-state index in [0.29, 0.717) is 17.5 Å². The number of rotatable bonds is 4. The van der Waals surface area contributed by atoms with Gasteiger partial charge in [-0.05, 0) is 49.1 Å². The van der Waals surface area contributed by atoms with Gasteiger partial charge in [-0.25, -0.2) is 9.37 Å². The lowest BCUT2D eigenvalue weighted by atomic mass is 9.80. The summed E-state index contributed by atoms with van der Waals surface area (Å²) in [5.74, 6) is 1.53. The molecule has 1 fully saturated rings. The molecule has 0 saturated heterocycles. The number of hydrogen-bond donors (Lipinski definition) is 1. The number of halogens is 1. The number of nitrogens with one attached hydrogen (secondary N) is 1. The molecule has 27 heavy (non-hydrogen) atoms. The molecule has 1 amide bonds. The van der Waals surface area contributed by atoms with Gasteiger partial charge in [-0.2, -0.15) is 0 Å². The molecular formula is C21H24FN3O2. The highest BCUT2D eigenvalue weighted by molar-refractivity contribution is 5.94. The van der Waals surface area contributed by atoms with E-state index < -0.39 is 0 Å². The number of aromatic nitrogens is 1. The summed E-state index contributed by atoms with van der Waals surface area (Å²) in [5, 5.41) is 3.46. The summed E-state index contributed by atoms with van der Waals surface area (Å²) in [7, 11) is 1.60. The molecule has 1 saturated carbocycles. The van der Waals surface area contributed by atoms with E-state index in [2.05, 4.69) is 17.2 Å². The maximum Gasteiger partial charge on any atom is 0.224 e. The first-order valence-electron chi connectivity index (χ1n) is 9.36. The molecule has 0 bridgehead atoms. The number of hydrogen-bond acceptors (Lipinski definition) is 4. The highest BCUT2D eigenvalue weighted by Gasteiger charge is 2.47. The maximum absolute atomic E-state index is 14.1. The van der Waals surface area contributed by atoms with Crippen molar-refractivity contribution in [2.24, 2.45) is 11.8 Å². The van der Waals surface area contributed by atoms with Crippen molar-refractivity contribution in [1.29, 1.82) is 0 Å². The Hall–Kier alpha value is -2.63. The van der Waals surface area contributed by atoms with Crippen molar-refractivity contribution in [3.63, 3.8) is 0 Å². The summed E-state index contributed by atoms with van der Waals surface area (Å²) in [6, 6.07) is 8.25. The Morgan fingerprint density at radius 1 is 1.33 bits per heavy atom. The van der Waals surface area contributed by atoms with Crippen LogP contribution in [0.2, 0.25) is 0 Å². The van der Waals surface area contributed by atoms with Gasteiger partial charge in [0.2, 0.25) is 5.91 Å². The Bertz CT molecular complexity index is 868. The van der Waals surface area contributed by atoms with Crippen LogP contribution < -0.4 is 15.0 Å². The fourth-order valence-corrected chi connectivity index (χ4v) is 4.35. The third kappa shape index (κ3) is 3.13. The molecule has 2 heterocycles. The molecule has 5 nitrogen and oxygen atoms in total. The Morgan fingerprint density at radius 2 is 2.11 bits per heavy atom. The van der Waals surface area contributed by atoms with Crippen molar-refractivity contribution in [3.05, 3.63) is 47.9 Å². The van der Waals surface area contributed by atoms with Gasteiger partial charge < -0.3 is 15.0 Å². The minimum absolute atomic E-state index is 0.000440. The van der Waals surface area contributed by atoms with Crippen LogP contribution in [0.15, 0.2) is 36.5 Å². The van der Waals surface area contributed by atoms with Crippen LogP contribution in [0.5, 0.6) is 5.75 Å². The number of nitrogens with zero attached hydrogens (tertiary/aromatic N) is 2. The van der Waals surface area contributed by atoms with Crippen LogP contribution in [0.3, 0.4) is 0 Å². The van der Waals surface area contributed by atoms with Crippen molar-refractivity contribution >= 4 is 17.4 Å². The average molecular weight is 369 g/mol. The van der Waals surface area contributed by atoms with Crippen molar-refractivity contribution in [2.75, 3.05) is 17.3 Å². The van der Waals surface area contributed by atoms with Crippen molar-refractivity contribution in [3.8, 4) is 5.75 Å². The summed E-state index contributed by atoms with van der Waals surface area (Å²) in [6.45, 7) is 3.71. The molecular weight excluding hydrogens is 345 g/mol. The van der Waals surface area contributed by atoms with Crippen LogP contribution >= 0.6 is 0 Å². The summed E-state index contributed by atoms with van der Waals surface area (Å²) < 4.78 is 19.5. The third-order valence-electron chi connectivity index (χ3n) is 5.67. The van der Waals surface area contributed by atoms with Crippen LogP contribution in [0.4, 0.5) is 15.9 Å². The van der Waals surface area contributed by atoms with E-state index in [1.807, 2.05) is 17.0 Å². The lowest BCUT2D eigenvalue weighted by Crippen LogP contribution is -2.51. The first-order valence-corrected chi connectivity index (χ1v) is 9.36. The zero-order valence-corrected chi connectivity index (χ0v) is 15.8. The number of ether oxygens (including phenoxy) is 1. The van der Waals surface area contributed by atoms with Crippen LogP contribution in [0.1, 0.15) is 38.3 Å². The van der Waals surface area contributed by atoms with E-state index in [-0.39, 0.29) is 29.7 Å². The normalized spacial score (nSPS) is 24.3. The molecule has 1 aromatic carbocycles. The number of carbonyl (C=O) groups excluding carboxylic acids is 1. The van der Waals surface area contributed by atoms with E-state index in [4.69, 9.17) is 4.74 Å². The highest BCUT2D eigenvalue weighted by Crippen LogP contribution is 2.50. The molecule has 0 unspecified atom stereocenters. The third-order valence-corrected chi connectivity index (χ3v) is 5.67. The molecule has 1 N–H and O–H groups in total. The Balaban J connectivity index is 1.81. The smallest absolute Gasteiger partial charge is 0.224 e. The quantitative estimate of drug-likeness (QED) is 0.879. The lowest BCUT2D eigenvalue weighted by molar-refractivity contribution is -0.117. The topological polar surface area (TPSA) is 54.5 Å². The van der Waals surface area contributed by atoms with Gasteiger partial charge in [0.25, 0.3) is 0 Å². The Kier molecular flexibility index (Phi) is 4.50. The van der Waals surface area contributed by atoms with Gasteiger partial charge in [0.15, 0.2) is 11.6 Å². The van der Waals surface area contributed by atoms with Gasteiger partial charge >= 0.3 is 0 Å². The zero-order valence-electron chi connectivity index (χ0n) is 15.8. The van der Waals surface area contributed by atoms with Gasteiger partial charge in [0.05, 0.1) is 13.2 Å². The SMILES string of the molecule is COc1cccnc1N[C@H]1c2cc(F)ccc2N(C(C)=O)[C@@H](C2CC2)[C@@H]1C.